The summed E-state index contributed by atoms with van der Waals surface area (Å²) in [5.41, 5.74) is -2.18. The minimum Gasteiger partial charge on any atom is -0.480 e. The van der Waals surface area contributed by atoms with Gasteiger partial charge in [0.15, 0.2) is 0 Å². The van der Waals surface area contributed by atoms with Gasteiger partial charge in [-0.25, -0.2) is 9.59 Å². The van der Waals surface area contributed by atoms with Crippen LogP contribution < -0.4 is 16.6 Å². The fraction of sp³-hybridized carbons (Fsp3) is 0.333. The second kappa shape index (κ2) is 5.38. The molecule has 0 radical (unpaired) electrons. The molecular weight excluding hydrogens is 302 g/mol. The van der Waals surface area contributed by atoms with Crippen molar-refractivity contribution in [2.75, 3.05) is 0 Å². The van der Waals surface area contributed by atoms with Crippen molar-refractivity contribution in [1.82, 2.24) is 14.9 Å². The third-order valence-electron chi connectivity index (χ3n) is 4.19. The van der Waals surface area contributed by atoms with E-state index < -0.39 is 35.2 Å². The molecule has 0 spiro atoms. The lowest BCUT2D eigenvalue weighted by molar-refractivity contribution is -0.151. The number of aromatic nitrogens is 2. The lowest BCUT2D eigenvalue weighted by Crippen LogP contribution is -2.60. The van der Waals surface area contributed by atoms with Crippen molar-refractivity contribution < 1.29 is 14.7 Å². The molecule has 0 bridgehead atoms. The molecule has 120 valence electrons. The number of fused-ring (bicyclic) bond motifs is 1. The maximum Gasteiger partial charge on any atom is 0.329 e. The number of carboxylic acids is 1. The fourth-order valence-corrected chi connectivity index (χ4v) is 2.72. The molecule has 8 heteroatoms. The summed E-state index contributed by atoms with van der Waals surface area (Å²) >= 11 is 0. The SMILES string of the molecule is O=C(Cn1c(=O)[nH]c2ccccc2c1=O)NC1(C(=O)O)CCC1. The van der Waals surface area contributed by atoms with Crippen molar-refractivity contribution in [1.29, 1.82) is 0 Å². The third kappa shape index (κ3) is 2.52. The molecule has 1 saturated carbocycles. The number of rotatable bonds is 4. The number of carboxylic acid groups (broad SMARTS) is 1. The Morgan fingerprint density at radius 1 is 1.26 bits per heavy atom. The first-order valence-electron chi connectivity index (χ1n) is 7.19. The summed E-state index contributed by atoms with van der Waals surface area (Å²) in [5.74, 6) is -1.77. The first kappa shape index (κ1) is 15.0. The molecular formula is C15H15N3O5. The minimum absolute atomic E-state index is 0.288. The Labute approximate surface area is 129 Å². The zero-order chi connectivity index (χ0) is 16.6. The van der Waals surface area contributed by atoms with Gasteiger partial charge < -0.3 is 15.4 Å². The smallest absolute Gasteiger partial charge is 0.329 e. The Balaban J connectivity index is 1.90. The summed E-state index contributed by atoms with van der Waals surface area (Å²) in [6.07, 6.45) is 1.40. The summed E-state index contributed by atoms with van der Waals surface area (Å²) in [6, 6.07) is 6.48. The maximum absolute atomic E-state index is 12.3. The number of amides is 1. The highest BCUT2D eigenvalue weighted by atomic mass is 16.4. The van der Waals surface area contributed by atoms with Crippen LogP contribution in [0.15, 0.2) is 33.9 Å². The lowest BCUT2D eigenvalue weighted by atomic mass is 9.77. The Morgan fingerprint density at radius 3 is 2.57 bits per heavy atom. The van der Waals surface area contributed by atoms with Gasteiger partial charge in [-0.05, 0) is 31.4 Å². The summed E-state index contributed by atoms with van der Waals surface area (Å²) in [5, 5.41) is 11.9. The molecule has 1 aromatic carbocycles. The zero-order valence-corrected chi connectivity index (χ0v) is 12.2. The standard InChI is InChI=1S/C15H15N3O5/c19-11(17-15(13(21)22)6-3-7-15)8-18-12(20)9-4-1-2-5-10(9)16-14(18)23/h1-2,4-5H,3,6-8H2,(H,16,23)(H,17,19)(H,21,22). The largest absolute Gasteiger partial charge is 0.480 e. The topological polar surface area (TPSA) is 121 Å². The number of benzene rings is 1. The van der Waals surface area contributed by atoms with Gasteiger partial charge in [0.05, 0.1) is 10.9 Å². The van der Waals surface area contributed by atoms with E-state index in [-0.39, 0.29) is 5.39 Å². The van der Waals surface area contributed by atoms with Crippen LogP contribution in [0.3, 0.4) is 0 Å². The number of hydrogen-bond donors (Lipinski definition) is 3. The van der Waals surface area contributed by atoms with Gasteiger partial charge in [0.1, 0.15) is 12.1 Å². The average Bonchev–Trinajstić information content (AvgIpc) is 2.47. The van der Waals surface area contributed by atoms with E-state index in [2.05, 4.69) is 10.3 Å². The molecule has 3 N–H and O–H groups in total. The second-order valence-electron chi connectivity index (χ2n) is 5.66. The van der Waals surface area contributed by atoms with Gasteiger partial charge >= 0.3 is 11.7 Å². The highest BCUT2D eigenvalue weighted by Gasteiger charge is 2.45. The molecule has 0 saturated heterocycles. The van der Waals surface area contributed by atoms with E-state index >= 15 is 0 Å². The number of H-pyrrole nitrogens is 1. The van der Waals surface area contributed by atoms with E-state index in [0.29, 0.717) is 24.8 Å². The van der Waals surface area contributed by atoms with Crippen LogP contribution in [0, 0.1) is 0 Å². The molecule has 1 aliphatic carbocycles. The highest BCUT2D eigenvalue weighted by Crippen LogP contribution is 2.31. The Kier molecular flexibility index (Phi) is 3.51. The number of aromatic amines is 1. The number of para-hydroxylation sites is 1. The van der Waals surface area contributed by atoms with E-state index in [1.807, 2.05) is 0 Å². The number of nitrogens with one attached hydrogen (secondary N) is 2. The molecule has 1 aromatic heterocycles. The van der Waals surface area contributed by atoms with Crippen LogP contribution in [0.25, 0.3) is 10.9 Å². The van der Waals surface area contributed by atoms with Crippen LogP contribution in [0.1, 0.15) is 19.3 Å². The van der Waals surface area contributed by atoms with Crippen molar-refractivity contribution in [3.8, 4) is 0 Å². The zero-order valence-electron chi connectivity index (χ0n) is 12.2. The molecule has 1 amide bonds. The normalized spacial score (nSPS) is 15.8. The van der Waals surface area contributed by atoms with Crippen molar-refractivity contribution in [2.45, 2.75) is 31.3 Å². The van der Waals surface area contributed by atoms with Gasteiger partial charge in [-0.15, -0.1) is 0 Å². The van der Waals surface area contributed by atoms with E-state index in [1.54, 1.807) is 24.3 Å². The number of hydrogen-bond acceptors (Lipinski definition) is 4. The van der Waals surface area contributed by atoms with Gasteiger partial charge in [-0.1, -0.05) is 12.1 Å². The summed E-state index contributed by atoms with van der Waals surface area (Å²) in [7, 11) is 0. The molecule has 1 heterocycles. The molecule has 0 unspecified atom stereocenters. The van der Waals surface area contributed by atoms with Gasteiger partial charge in [-0.3, -0.25) is 14.2 Å². The number of nitrogens with zero attached hydrogens (tertiary/aromatic N) is 1. The molecule has 1 fully saturated rings. The third-order valence-corrected chi connectivity index (χ3v) is 4.19. The van der Waals surface area contributed by atoms with E-state index in [0.717, 1.165) is 4.57 Å². The highest BCUT2D eigenvalue weighted by molar-refractivity contribution is 5.88. The Hall–Kier alpha value is -2.90. The van der Waals surface area contributed by atoms with Gasteiger partial charge in [0, 0.05) is 0 Å². The molecule has 0 atom stereocenters. The van der Waals surface area contributed by atoms with Crippen LogP contribution in [0.5, 0.6) is 0 Å². The molecule has 23 heavy (non-hydrogen) atoms. The molecule has 2 aromatic rings. The van der Waals surface area contributed by atoms with Crippen molar-refractivity contribution in [3.63, 3.8) is 0 Å². The number of carbonyl (C=O) groups is 2. The first-order valence-corrected chi connectivity index (χ1v) is 7.19. The van der Waals surface area contributed by atoms with Crippen LogP contribution in [0.4, 0.5) is 0 Å². The predicted octanol–water partition coefficient (Wildman–Crippen LogP) is -0.187. The maximum atomic E-state index is 12.3. The van der Waals surface area contributed by atoms with Crippen LogP contribution in [0.2, 0.25) is 0 Å². The number of carbonyl (C=O) groups excluding carboxylic acids is 1. The molecule has 3 rings (SSSR count). The lowest BCUT2D eigenvalue weighted by Gasteiger charge is -2.38. The van der Waals surface area contributed by atoms with E-state index in [9.17, 15) is 24.3 Å². The van der Waals surface area contributed by atoms with E-state index in [1.165, 1.54) is 0 Å². The summed E-state index contributed by atoms with van der Waals surface area (Å²) < 4.78 is 0.770. The fourth-order valence-electron chi connectivity index (χ4n) is 2.72. The molecule has 0 aliphatic heterocycles. The molecule has 1 aliphatic rings. The quantitative estimate of drug-likeness (QED) is 0.722. The van der Waals surface area contributed by atoms with Crippen LogP contribution >= 0.6 is 0 Å². The summed E-state index contributed by atoms with van der Waals surface area (Å²) in [6.45, 7) is -0.520. The molecule has 8 nitrogen and oxygen atoms in total. The number of aliphatic carboxylic acids is 1. The minimum atomic E-state index is -1.27. The Bertz CT molecular complexity index is 907. The van der Waals surface area contributed by atoms with Crippen molar-refractivity contribution in [3.05, 3.63) is 45.1 Å². The van der Waals surface area contributed by atoms with Gasteiger partial charge in [-0.2, -0.15) is 0 Å². The first-order chi connectivity index (χ1) is 10.9. The van der Waals surface area contributed by atoms with Crippen molar-refractivity contribution >= 4 is 22.8 Å². The second-order valence-corrected chi connectivity index (χ2v) is 5.66. The predicted molar refractivity (Wildman–Crippen MR) is 81.2 cm³/mol. The van der Waals surface area contributed by atoms with Crippen molar-refractivity contribution in [2.24, 2.45) is 0 Å². The van der Waals surface area contributed by atoms with Gasteiger partial charge in [0.2, 0.25) is 5.91 Å². The van der Waals surface area contributed by atoms with Gasteiger partial charge in [0.25, 0.3) is 5.56 Å². The average molecular weight is 317 g/mol. The van der Waals surface area contributed by atoms with Crippen LogP contribution in [-0.4, -0.2) is 32.1 Å². The van der Waals surface area contributed by atoms with E-state index in [4.69, 9.17) is 0 Å². The summed E-state index contributed by atoms with van der Waals surface area (Å²) in [4.78, 5) is 50.2. The Morgan fingerprint density at radius 2 is 1.96 bits per heavy atom. The van der Waals surface area contributed by atoms with Crippen LogP contribution in [-0.2, 0) is 16.1 Å². The monoisotopic (exact) mass is 317 g/mol.